The molecular formula is C13H17FO3. The van der Waals surface area contributed by atoms with Gasteiger partial charge in [-0.1, -0.05) is 12.1 Å². The van der Waals surface area contributed by atoms with E-state index in [0.717, 1.165) is 18.4 Å². The van der Waals surface area contributed by atoms with Crippen LogP contribution in [0.2, 0.25) is 0 Å². The molecule has 1 rings (SSSR count). The summed E-state index contributed by atoms with van der Waals surface area (Å²) in [5.41, 5.74) is 0.789. The number of hydrogen-bond acceptors (Lipinski definition) is 3. The van der Waals surface area contributed by atoms with Crippen LogP contribution in [-0.2, 0) is 20.9 Å². The van der Waals surface area contributed by atoms with E-state index < -0.39 is 0 Å². The van der Waals surface area contributed by atoms with Crippen molar-refractivity contribution in [3.63, 3.8) is 0 Å². The zero-order valence-electron chi connectivity index (χ0n) is 9.95. The van der Waals surface area contributed by atoms with Crippen LogP contribution in [0.5, 0.6) is 0 Å². The van der Waals surface area contributed by atoms with Crippen LogP contribution in [0, 0.1) is 5.82 Å². The van der Waals surface area contributed by atoms with Crippen molar-refractivity contribution in [2.75, 3.05) is 13.7 Å². The fourth-order valence-electron chi connectivity index (χ4n) is 1.33. The van der Waals surface area contributed by atoms with Crippen LogP contribution in [0.1, 0.15) is 24.8 Å². The second kappa shape index (κ2) is 7.79. The van der Waals surface area contributed by atoms with Gasteiger partial charge in [-0.2, -0.15) is 0 Å². The van der Waals surface area contributed by atoms with Crippen molar-refractivity contribution in [3.05, 3.63) is 35.6 Å². The lowest BCUT2D eigenvalue weighted by Gasteiger charge is -2.04. The van der Waals surface area contributed by atoms with Gasteiger partial charge in [-0.3, -0.25) is 4.79 Å². The maximum absolute atomic E-state index is 12.6. The molecule has 0 aliphatic carbocycles. The van der Waals surface area contributed by atoms with Crippen molar-refractivity contribution >= 4 is 5.97 Å². The van der Waals surface area contributed by atoms with E-state index in [9.17, 15) is 9.18 Å². The van der Waals surface area contributed by atoms with Gasteiger partial charge in [0.2, 0.25) is 0 Å². The van der Waals surface area contributed by atoms with Crippen molar-refractivity contribution in [1.82, 2.24) is 0 Å². The first-order valence-electron chi connectivity index (χ1n) is 5.61. The Morgan fingerprint density at radius 3 is 2.59 bits per heavy atom. The Bertz CT molecular complexity index is 335. The maximum atomic E-state index is 12.6. The molecule has 17 heavy (non-hydrogen) atoms. The summed E-state index contributed by atoms with van der Waals surface area (Å²) in [7, 11) is 1.63. The number of esters is 1. The van der Waals surface area contributed by atoms with Crippen LogP contribution in [0.3, 0.4) is 0 Å². The molecule has 0 fully saturated rings. The molecule has 4 heteroatoms. The monoisotopic (exact) mass is 240 g/mol. The van der Waals surface area contributed by atoms with E-state index in [1.807, 2.05) is 0 Å². The summed E-state index contributed by atoms with van der Waals surface area (Å²) in [6.07, 6.45) is 2.00. The Morgan fingerprint density at radius 2 is 1.94 bits per heavy atom. The molecule has 0 aliphatic rings. The highest BCUT2D eigenvalue weighted by Gasteiger charge is 2.03. The van der Waals surface area contributed by atoms with Gasteiger partial charge in [0.25, 0.3) is 0 Å². The number of unbranched alkanes of at least 4 members (excludes halogenated alkanes) is 1. The minimum Gasteiger partial charge on any atom is -0.461 e. The topological polar surface area (TPSA) is 35.5 Å². The highest BCUT2D eigenvalue weighted by atomic mass is 19.1. The molecule has 0 saturated carbocycles. The third-order valence-corrected chi connectivity index (χ3v) is 2.29. The smallest absolute Gasteiger partial charge is 0.306 e. The summed E-state index contributed by atoms with van der Waals surface area (Å²) in [6, 6.07) is 5.91. The Labute approximate surface area is 101 Å². The standard InChI is InChI=1S/C13H17FO3/c1-16-9-3-2-4-13(15)17-10-11-5-7-12(14)8-6-11/h5-8H,2-4,9-10H2,1H3. The van der Waals surface area contributed by atoms with Gasteiger partial charge in [0.15, 0.2) is 0 Å². The number of hydrogen-bond donors (Lipinski definition) is 0. The first kappa shape index (κ1) is 13.6. The van der Waals surface area contributed by atoms with E-state index in [-0.39, 0.29) is 18.4 Å². The number of benzene rings is 1. The lowest BCUT2D eigenvalue weighted by Crippen LogP contribution is -2.05. The molecular weight excluding hydrogens is 223 g/mol. The zero-order chi connectivity index (χ0) is 12.5. The molecule has 1 aromatic carbocycles. The lowest BCUT2D eigenvalue weighted by molar-refractivity contribution is -0.145. The normalized spacial score (nSPS) is 10.2. The van der Waals surface area contributed by atoms with E-state index in [2.05, 4.69) is 0 Å². The van der Waals surface area contributed by atoms with Crippen LogP contribution >= 0.6 is 0 Å². The quantitative estimate of drug-likeness (QED) is 0.543. The van der Waals surface area contributed by atoms with Gasteiger partial charge in [0.05, 0.1) is 0 Å². The molecule has 0 heterocycles. The van der Waals surface area contributed by atoms with Gasteiger partial charge in [-0.05, 0) is 30.5 Å². The fourth-order valence-corrected chi connectivity index (χ4v) is 1.33. The number of carbonyl (C=O) groups is 1. The number of carbonyl (C=O) groups excluding carboxylic acids is 1. The van der Waals surface area contributed by atoms with E-state index in [1.165, 1.54) is 12.1 Å². The number of ether oxygens (including phenoxy) is 2. The molecule has 0 N–H and O–H groups in total. The molecule has 0 amide bonds. The minimum atomic E-state index is -0.292. The second-order valence-corrected chi connectivity index (χ2v) is 3.74. The number of halogens is 1. The summed E-state index contributed by atoms with van der Waals surface area (Å²) >= 11 is 0. The second-order valence-electron chi connectivity index (χ2n) is 3.74. The predicted octanol–water partition coefficient (Wildman–Crippen LogP) is 2.69. The number of methoxy groups -OCH3 is 1. The molecule has 0 unspecified atom stereocenters. The van der Waals surface area contributed by atoms with Crippen LogP contribution in [0.25, 0.3) is 0 Å². The van der Waals surface area contributed by atoms with Crippen molar-refractivity contribution in [2.24, 2.45) is 0 Å². The Kier molecular flexibility index (Phi) is 6.25. The molecule has 0 radical (unpaired) electrons. The largest absolute Gasteiger partial charge is 0.461 e. The molecule has 0 spiro atoms. The van der Waals surface area contributed by atoms with E-state index in [0.29, 0.717) is 13.0 Å². The van der Waals surface area contributed by atoms with Crippen molar-refractivity contribution in [1.29, 1.82) is 0 Å². The van der Waals surface area contributed by atoms with Gasteiger partial charge in [-0.25, -0.2) is 4.39 Å². The molecule has 1 aromatic rings. The molecule has 94 valence electrons. The van der Waals surface area contributed by atoms with E-state index in [4.69, 9.17) is 9.47 Å². The van der Waals surface area contributed by atoms with E-state index >= 15 is 0 Å². The molecule has 0 saturated heterocycles. The Hall–Kier alpha value is -1.42. The summed E-state index contributed by atoms with van der Waals surface area (Å²) in [4.78, 5) is 11.3. The summed E-state index contributed by atoms with van der Waals surface area (Å²) in [6.45, 7) is 0.856. The molecule has 0 atom stereocenters. The third kappa shape index (κ3) is 6.02. The van der Waals surface area contributed by atoms with Gasteiger partial charge >= 0.3 is 5.97 Å². The zero-order valence-corrected chi connectivity index (χ0v) is 9.95. The van der Waals surface area contributed by atoms with Crippen molar-refractivity contribution < 1.29 is 18.7 Å². The Morgan fingerprint density at radius 1 is 1.24 bits per heavy atom. The van der Waals surface area contributed by atoms with Crippen LogP contribution < -0.4 is 0 Å². The number of rotatable bonds is 7. The SMILES string of the molecule is COCCCCC(=O)OCc1ccc(F)cc1. The summed E-state index contributed by atoms with van der Waals surface area (Å²) < 4.78 is 22.5. The van der Waals surface area contributed by atoms with Crippen LogP contribution in [-0.4, -0.2) is 19.7 Å². The van der Waals surface area contributed by atoms with Gasteiger partial charge < -0.3 is 9.47 Å². The van der Waals surface area contributed by atoms with Crippen molar-refractivity contribution in [2.45, 2.75) is 25.9 Å². The van der Waals surface area contributed by atoms with Gasteiger partial charge in [0, 0.05) is 20.1 Å². The maximum Gasteiger partial charge on any atom is 0.306 e. The highest BCUT2D eigenvalue weighted by Crippen LogP contribution is 2.06. The van der Waals surface area contributed by atoms with Crippen LogP contribution in [0.15, 0.2) is 24.3 Å². The first-order chi connectivity index (χ1) is 8.22. The summed E-state index contributed by atoms with van der Waals surface area (Å²) in [5.74, 6) is -0.523. The molecule has 0 aliphatic heterocycles. The summed E-state index contributed by atoms with van der Waals surface area (Å²) in [5, 5.41) is 0. The van der Waals surface area contributed by atoms with Crippen LogP contribution in [0.4, 0.5) is 4.39 Å². The van der Waals surface area contributed by atoms with Crippen molar-refractivity contribution in [3.8, 4) is 0 Å². The molecule has 0 aromatic heterocycles. The average molecular weight is 240 g/mol. The first-order valence-corrected chi connectivity index (χ1v) is 5.61. The molecule has 3 nitrogen and oxygen atoms in total. The van der Waals surface area contributed by atoms with Gasteiger partial charge in [-0.15, -0.1) is 0 Å². The minimum absolute atomic E-state index is 0.198. The van der Waals surface area contributed by atoms with E-state index in [1.54, 1.807) is 19.2 Å². The fraction of sp³-hybridized carbons (Fsp3) is 0.462. The predicted molar refractivity (Wildman–Crippen MR) is 61.9 cm³/mol. The lowest BCUT2D eigenvalue weighted by atomic mass is 10.2. The Balaban J connectivity index is 2.17. The molecule has 0 bridgehead atoms. The van der Waals surface area contributed by atoms with Gasteiger partial charge in [0.1, 0.15) is 12.4 Å². The average Bonchev–Trinajstić information content (AvgIpc) is 2.34. The third-order valence-electron chi connectivity index (χ3n) is 2.29. The highest BCUT2D eigenvalue weighted by molar-refractivity contribution is 5.69.